The Morgan fingerprint density at radius 2 is 2.10 bits per heavy atom. The number of halogens is 1. The molecule has 8 heteroatoms. The molecule has 5 nitrogen and oxygen atoms in total. The van der Waals surface area contributed by atoms with Crippen LogP contribution in [0.2, 0.25) is 0 Å². The van der Waals surface area contributed by atoms with Crippen molar-refractivity contribution in [2.45, 2.75) is 19.4 Å². The van der Waals surface area contributed by atoms with Gasteiger partial charge in [0.15, 0.2) is 0 Å². The van der Waals surface area contributed by atoms with Crippen molar-refractivity contribution in [3.05, 3.63) is 69.2 Å². The molecule has 29 heavy (non-hydrogen) atoms. The molecule has 0 spiro atoms. The van der Waals surface area contributed by atoms with E-state index in [-0.39, 0.29) is 18.0 Å². The van der Waals surface area contributed by atoms with Gasteiger partial charge in [-0.05, 0) is 35.9 Å². The van der Waals surface area contributed by atoms with E-state index in [1.54, 1.807) is 17.4 Å². The summed E-state index contributed by atoms with van der Waals surface area (Å²) in [5.74, 6) is -0.721. The van der Waals surface area contributed by atoms with Crippen molar-refractivity contribution < 1.29 is 9.18 Å². The Hall–Kier alpha value is -2.84. The summed E-state index contributed by atoms with van der Waals surface area (Å²) in [6, 6.07) is 8.76. The molecular formula is C21H16FN3O2S2. The average Bonchev–Trinajstić information content (AvgIpc) is 3.39. The van der Waals surface area contributed by atoms with Crippen LogP contribution in [0, 0.1) is 5.82 Å². The van der Waals surface area contributed by atoms with Crippen molar-refractivity contribution in [3.63, 3.8) is 0 Å². The first kappa shape index (κ1) is 18.2. The van der Waals surface area contributed by atoms with Gasteiger partial charge in [0.2, 0.25) is 5.91 Å². The maximum atomic E-state index is 14.4. The molecule has 0 saturated carbocycles. The molecule has 0 saturated heterocycles. The van der Waals surface area contributed by atoms with Gasteiger partial charge in [-0.1, -0.05) is 18.2 Å². The molecule has 0 radical (unpaired) electrons. The van der Waals surface area contributed by atoms with E-state index in [1.165, 1.54) is 33.2 Å². The lowest BCUT2D eigenvalue weighted by Gasteiger charge is -2.30. The minimum absolute atomic E-state index is 0.171. The molecule has 1 aliphatic heterocycles. The van der Waals surface area contributed by atoms with Crippen molar-refractivity contribution in [2.24, 2.45) is 0 Å². The van der Waals surface area contributed by atoms with Crippen LogP contribution in [0.5, 0.6) is 0 Å². The summed E-state index contributed by atoms with van der Waals surface area (Å²) in [7, 11) is 0. The van der Waals surface area contributed by atoms with E-state index in [2.05, 4.69) is 4.98 Å². The van der Waals surface area contributed by atoms with Crippen LogP contribution in [-0.2, 0) is 17.8 Å². The fourth-order valence-electron chi connectivity index (χ4n) is 3.78. The van der Waals surface area contributed by atoms with Gasteiger partial charge in [-0.25, -0.2) is 9.37 Å². The fraction of sp³-hybridized carbons (Fsp3) is 0.190. The molecule has 5 rings (SSSR count). The minimum Gasteiger partial charge on any atom is -0.308 e. The average molecular weight is 426 g/mol. The van der Waals surface area contributed by atoms with Crippen LogP contribution in [0.4, 0.5) is 10.1 Å². The number of para-hydroxylation sites is 1. The molecule has 0 atom stereocenters. The Labute approximate surface area is 173 Å². The van der Waals surface area contributed by atoms with E-state index < -0.39 is 5.82 Å². The van der Waals surface area contributed by atoms with Gasteiger partial charge in [0.05, 0.1) is 17.4 Å². The fourth-order valence-corrected chi connectivity index (χ4v) is 5.50. The van der Waals surface area contributed by atoms with E-state index in [1.807, 2.05) is 29.0 Å². The Bertz CT molecular complexity index is 1280. The van der Waals surface area contributed by atoms with Crippen molar-refractivity contribution >= 4 is 44.5 Å². The molecule has 4 aromatic rings. The number of amides is 1. The van der Waals surface area contributed by atoms with Crippen LogP contribution < -0.4 is 10.5 Å². The first-order valence-corrected chi connectivity index (χ1v) is 11.0. The quantitative estimate of drug-likeness (QED) is 0.492. The van der Waals surface area contributed by atoms with Gasteiger partial charge in [0.1, 0.15) is 17.2 Å². The Morgan fingerprint density at radius 3 is 2.93 bits per heavy atom. The van der Waals surface area contributed by atoms with Crippen molar-refractivity contribution in [3.8, 4) is 10.4 Å². The lowest BCUT2D eigenvalue weighted by atomic mass is 10.0. The number of nitrogens with zero attached hydrogens (tertiary/aromatic N) is 3. The first-order chi connectivity index (χ1) is 14.1. The topological polar surface area (TPSA) is 55.2 Å². The SMILES string of the molecule is O=C(Cn1cnc2scc(-c3cccs3)c2c1=O)N1CCCc2cccc(F)c21. The smallest absolute Gasteiger partial charge is 0.263 e. The number of anilines is 1. The van der Waals surface area contributed by atoms with Crippen LogP contribution in [0.3, 0.4) is 0 Å². The van der Waals surface area contributed by atoms with Crippen LogP contribution in [0.15, 0.2) is 52.2 Å². The van der Waals surface area contributed by atoms with Crippen LogP contribution in [0.1, 0.15) is 12.0 Å². The second kappa shape index (κ2) is 7.20. The Balaban J connectivity index is 1.52. The lowest BCUT2D eigenvalue weighted by molar-refractivity contribution is -0.119. The number of aryl methyl sites for hydroxylation is 1. The predicted molar refractivity (Wildman–Crippen MR) is 114 cm³/mol. The number of hydrogen-bond acceptors (Lipinski definition) is 5. The van der Waals surface area contributed by atoms with E-state index in [4.69, 9.17) is 0 Å². The molecule has 0 bridgehead atoms. The molecule has 1 aromatic carbocycles. The van der Waals surface area contributed by atoms with Gasteiger partial charge >= 0.3 is 0 Å². The summed E-state index contributed by atoms with van der Waals surface area (Å²) >= 11 is 2.97. The molecule has 0 unspecified atom stereocenters. The molecule has 1 amide bonds. The summed E-state index contributed by atoms with van der Waals surface area (Å²) in [5, 5.41) is 4.41. The van der Waals surface area contributed by atoms with Crippen LogP contribution >= 0.6 is 22.7 Å². The summed E-state index contributed by atoms with van der Waals surface area (Å²) < 4.78 is 15.7. The second-order valence-corrected chi connectivity index (χ2v) is 8.69. The van der Waals surface area contributed by atoms with Gasteiger partial charge in [-0.3, -0.25) is 14.2 Å². The second-order valence-electron chi connectivity index (χ2n) is 6.88. The third-order valence-electron chi connectivity index (χ3n) is 5.12. The molecule has 0 fully saturated rings. The highest BCUT2D eigenvalue weighted by molar-refractivity contribution is 7.18. The number of carbonyl (C=O) groups excluding carboxylic acids is 1. The zero-order valence-electron chi connectivity index (χ0n) is 15.3. The van der Waals surface area contributed by atoms with E-state index >= 15 is 0 Å². The van der Waals surface area contributed by atoms with Crippen molar-refractivity contribution in [2.75, 3.05) is 11.4 Å². The van der Waals surface area contributed by atoms with Crippen molar-refractivity contribution in [1.29, 1.82) is 0 Å². The molecule has 1 aliphatic rings. The molecule has 3 aromatic heterocycles. The zero-order chi connectivity index (χ0) is 20.0. The monoisotopic (exact) mass is 425 g/mol. The highest BCUT2D eigenvalue weighted by Crippen LogP contribution is 2.33. The number of fused-ring (bicyclic) bond motifs is 2. The van der Waals surface area contributed by atoms with Crippen LogP contribution in [0.25, 0.3) is 20.7 Å². The Morgan fingerprint density at radius 1 is 1.21 bits per heavy atom. The minimum atomic E-state index is -0.408. The van der Waals surface area contributed by atoms with Gasteiger partial charge in [0, 0.05) is 22.4 Å². The van der Waals surface area contributed by atoms with Crippen molar-refractivity contribution in [1.82, 2.24) is 9.55 Å². The number of aromatic nitrogens is 2. The van der Waals surface area contributed by atoms with E-state index in [0.29, 0.717) is 22.4 Å². The number of thiophene rings is 2. The maximum absolute atomic E-state index is 14.4. The largest absolute Gasteiger partial charge is 0.308 e. The summed E-state index contributed by atoms with van der Waals surface area (Å²) in [5.41, 5.74) is 1.75. The highest BCUT2D eigenvalue weighted by Gasteiger charge is 2.26. The molecule has 146 valence electrons. The highest BCUT2D eigenvalue weighted by atomic mass is 32.1. The number of rotatable bonds is 3. The van der Waals surface area contributed by atoms with Gasteiger partial charge in [0.25, 0.3) is 5.56 Å². The number of carbonyl (C=O) groups is 1. The molecule has 4 heterocycles. The third-order valence-corrected chi connectivity index (χ3v) is 6.91. The molecule has 0 aliphatic carbocycles. The van der Waals surface area contributed by atoms with Gasteiger partial charge in [-0.2, -0.15) is 0 Å². The number of hydrogen-bond donors (Lipinski definition) is 0. The third kappa shape index (κ3) is 3.08. The van der Waals surface area contributed by atoms with Gasteiger partial charge in [-0.15, -0.1) is 22.7 Å². The number of benzene rings is 1. The molecular weight excluding hydrogens is 409 g/mol. The summed E-state index contributed by atoms with van der Waals surface area (Å²) in [6.45, 7) is 0.269. The summed E-state index contributed by atoms with van der Waals surface area (Å²) in [6.07, 6.45) is 2.91. The van der Waals surface area contributed by atoms with E-state index in [0.717, 1.165) is 28.8 Å². The summed E-state index contributed by atoms with van der Waals surface area (Å²) in [4.78, 5) is 33.6. The standard InChI is InChI=1S/C21H16FN3O2S2/c22-15-6-1-4-13-5-2-8-25(19(13)15)17(26)10-24-12-23-20-18(21(24)27)14(11-29-20)16-7-3-9-28-16/h1,3-4,6-7,9,11-12H,2,5,8,10H2. The molecule has 0 N–H and O–H groups in total. The van der Waals surface area contributed by atoms with Crippen LogP contribution in [-0.4, -0.2) is 22.0 Å². The van der Waals surface area contributed by atoms with E-state index in [9.17, 15) is 14.0 Å². The normalized spacial score (nSPS) is 13.6. The first-order valence-electron chi connectivity index (χ1n) is 9.22. The lowest BCUT2D eigenvalue weighted by Crippen LogP contribution is -2.40. The predicted octanol–water partition coefficient (Wildman–Crippen LogP) is 4.31. The van der Waals surface area contributed by atoms with Gasteiger partial charge < -0.3 is 4.90 Å². The zero-order valence-corrected chi connectivity index (χ0v) is 16.9. The Kier molecular flexibility index (Phi) is 4.52. The maximum Gasteiger partial charge on any atom is 0.263 e.